The average molecular weight is 2100 g/mol. The molecule has 0 spiro atoms. The van der Waals surface area contributed by atoms with Gasteiger partial charge in [0, 0.05) is 347 Å². The molecule has 0 aliphatic heterocycles. The number of pyridine rings is 8. The number of halogens is 4. The number of para-hydroxylation sites is 4. The molecule has 14 aromatic rings. The molecule has 8 aliphatic rings. The molecule has 0 bridgehead atoms. The Bertz CT molecular complexity index is 6500. The van der Waals surface area contributed by atoms with E-state index in [0.717, 1.165) is 216 Å². The van der Waals surface area contributed by atoms with E-state index in [9.17, 15) is 46.3 Å². The molecule has 8 fully saturated rings. The largest absolute Gasteiger partial charge is 1.00 e. The minimum atomic E-state index is -0.562. The molecule has 4 aromatic carbocycles. The van der Waals surface area contributed by atoms with Crippen molar-refractivity contribution in [3.8, 4) is 0 Å². The Balaban J connectivity index is -0.0000000286. The first-order chi connectivity index (χ1) is 145. The summed E-state index contributed by atoms with van der Waals surface area (Å²) in [4.78, 5) is 109. The number of hydrogen-bond donors (Lipinski definition) is 0. The van der Waals surface area contributed by atoms with E-state index in [0.29, 0.717) is 69.4 Å². The van der Waals surface area contributed by atoms with E-state index in [1.165, 1.54) is 101 Å². The number of Topliss-reactive ketones (excluding diaryl/α,β-unsaturated/α-hetero) is 4. The van der Waals surface area contributed by atoms with Gasteiger partial charge in [0.25, 0.3) is 0 Å². The fourth-order valence-corrected chi connectivity index (χ4v) is 21.0. The van der Waals surface area contributed by atoms with Crippen molar-refractivity contribution in [1.82, 2.24) is 48.7 Å². The summed E-state index contributed by atoms with van der Waals surface area (Å²) in [5, 5.41) is 3.61. The SMILES string of the molecule is CC(=O)OC(C)=O.CCc1ccc(C2CC2)c(C(=O)C2CCC(c3ccnc4c(F)cccc34)CC2)n1.CCc1ccc(C2CC2)c(C(=O)C2CCC(c3ccnc4c(F)cccc34)CC2)n1.O=C(c1c(C2CC2)ccc2cncn12)C1CCC(c2ccnc3c(F)cccc23)CC1.O=C(c1c(C2CC2)ccc2cncn12)C1CCC(c2ccnc3c(F)cccc23)CC1.[2H][2H].[2H][2H].[2H][2H].[2H][2H].[2H][2H].[2H][2H].[2H][2H].[2H][2H].[2H][2H].[2H][2H].[2H][2H].[2H][2H].[2H][2H].[2H][2H].[2H][2H].[2H][2H].[2H][2H].[2H][2H].[2H][2H].[2H][2H].[2H][2H].[2H][2H].[2H][2H].[2H][2H].[2H][2H].[2H][2H].[2H][2H].[2H][2H].[2H][2H].[2H][2H].[2H][2H].[2H][2H].[2H][2H].[2H][2H].[2H][2H].[2H][2H].[2H][2H].[2H][2H].[2H][2H].[2H][2H].[2H][2H].[2H][2H].[2H][2H].[2H][2H].[2H][2H].[2H][2H].[2H][2H].[2H][2H].[2H][2H].[2H][2H].[2H][2H].[2H][2H].[2H][2H].[2H][2H].[2H][2H].[2H][2H].[2H][2H].[2H][2H].[2H][2H].[2H][2H].[2H][2H].[2H][2H].[2H][2H].[2H][2H].[2H][2H].[2H][2H].[2H][2H].[2H][2H].[2H][2H].[2H][2H].[2H][2H].[2H][2H].[2H][2H].[2H][2H].[2H][2H].[2H][2H].[2H][2H].[2H][2H].[2H][2H].[2H][2H].[2H][2H].[2H][2H].[B].[H-].[Na+]. The van der Waals surface area contributed by atoms with Crippen molar-refractivity contribution < 1.29 is 326 Å². The second-order valence-electron chi connectivity index (χ2n) is 36.8. The van der Waals surface area contributed by atoms with Crippen LogP contribution in [0.25, 0.3) is 54.6 Å². The molecule has 10 heterocycles. The number of nitrogens with zero attached hydrogens (tertiary/aromatic N) is 10. The summed E-state index contributed by atoms with van der Waals surface area (Å²) in [6.07, 6.45) is 39.5. The van der Waals surface area contributed by atoms with Crippen LogP contribution in [0, 0.1) is 46.9 Å². The Morgan fingerprint density at radius 2 is 0.595 bits per heavy atom. The fraction of sp³-hybridized carbons (Fsp3) is 0.389. The van der Waals surface area contributed by atoms with E-state index in [1.807, 2.05) is 69.7 Å². The number of benzene rings is 4. The number of aryl methyl sites for hydroxylation is 2. The first-order valence-corrected chi connectivity index (χ1v) is 46.7. The van der Waals surface area contributed by atoms with Gasteiger partial charge in [-0.1, -0.05) is 86.6 Å². The fourth-order valence-electron chi connectivity index (χ4n) is 21.0. The molecule has 0 N–H and O–H groups in total. The summed E-state index contributed by atoms with van der Waals surface area (Å²) < 4.78 is 885. The Morgan fingerprint density at radius 3 is 0.855 bits per heavy atom. The third-order valence-corrected chi connectivity index (χ3v) is 28.4. The summed E-state index contributed by atoms with van der Waals surface area (Å²) in [6, 6.07) is 45.6. The van der Waals surface area contributed by atoms with Crippen LogP contribution in [-0.4, -0.2) is 92.2 Å². The van der Waals surface area contributed by atoms with Gasteiger partial charge in [-0.2, -0.15) is 0 Å². The summed E-state index contributed by atoms with van der Waals surface area (Å²) in [5.74, 6) is 2.37. The van der Waals surface area contributed by atoms with Crippen molar-refractivity contribution >= 4 is 98.1 Å². The number of ketones is 4. The normalized spacial score (nSPS) is 25.6. The van der Waals surface area contributed by atoms with Crippen LogP contribution in [0.5, 0.6) is 0 Å². The average Bonchev–Trinajstić information content (AvgIpc) is 1.61. The third-order valence-electron chi connectivity index (χ3n) is 28.4. The zero-order valence-electron chi connectivity index (χ0n) is 240. The van der Waals surface area contributed by atoms with Gasteiger partial charge in [0.1, 0.15) is 56.7 Å². The van der Waals surface area contributed by atoms with Gasteiger partial charge in [0.2, 0.25) is 0 Å². The van der Waals surface area contributed by atoms with Gasteiger partial charge in [-0.3, -0.25) is 57.5 Å². The molecule has 0 saturated heterocycles. The van der Waals surface area contributed by atoms with Crippen LogP contribution >= 0.6 is 0 Å². The zero-order valence-corrected chi connectivity index (χ0v) is 77.2. The molecule has 22 rings (SSSR count). The van der Waals surface area contributed by atoms with E-state index in [-0.39, 0.29) is 109 Å². The molecule has 829 valence electrons. The minimum absolute atomic E-state index is 0. The first kappa shape index (κ1) is 36.0. The maximum Gasteiger partial charge on any atom is 1.00 e. The molecule has 0 atom stereocenters. The zero-order chi connectivity index (χ0) is 253. The standard InChI is InChI=1S/2C26H24FN3O.2C26H27FN2O.C4H6O3.B.Na.82H2.H/c2*27-23-3-1-2-22-20(12-13-29-24(22)23)16-6-8-18(9-7-16)26(31)25-21(17-4-5-17)11-10-19-14-28-15-30(19)25;2*1-2-19-12-13-21(17-6-7-17)25(29-19)26(30)18-10-8-16(9-11-18)20-14-15-28-24-22(20)4-3-5-23(24)27;1-3(5)7-4(2)6;;;;;;;;;;;;;;;;;;;;;;;;;;;;;;;;;;;;;;;;;;;;;;;;;;;;;;;;;;;;;;;;;;;;;;;;;;;;;;;;;;;;;/h2*1-3,10-18H,4-9H2;2*3-5,12-18H,2,6-11H2,1H3;1-2H3;;;82*1H;/q;;;;;;+1;;;;;;;;;;;;;;;;;;;;;;;;;;;;;;;;;;;;;;;;;;;;;;;;;;;;;;;;;;;;;;;;;;;;;;;;;;;;;;;;;;;-1/i;;;;;;;82*1+1D;. The predicted octanol–water partition coefficient (Wildman–Crippen LogP) is 41.8. The molecule has 23 heteroatoms. The molecular weight excluding hydrogens is 1660 g/mol. The summed E-state index contributed by atoms with van der Waals surface area (Å²) in [7, 11) is 0. The Morgan fingerprint density at radius 1 is 0.344 bits per heavy atom. The van der Waals surface area contributed by atoms with Crippen LogP contribution < -0.4 is 29.6 Å². The number of rotatable bonds is 18. The van der Waals surface area contributed by atoms with Gasteiger partial charge in [0.05, 0.1) is 47.5 Å². The van der Waals surface area contributed by atoms with Gasteiger partial charge in [-0.15, -0.1) is 0 Å². The van der Waals surface area contributed by atoms with Crippen LogP contribution in [0.4, 0.5) is 17.6 Å². The Kier molecular flexibility index (Phi) is 11.3. The van der Waals surface area contributed by atoms with E-state index < -0.39 is 11.9 Å². The smallest absolute Gasteiger partial charge is 1.00 e. The minimum Gasteiger partial charge on any atom is -1.00 e. The molecule has 3 radical (unpaired) electrons. The molecule has 8 saturated carbocycles. The molecule has 131 heavy (non-hydrogen) atoms. The van der Waals surface area contributed by atoms with Crippen molar-refractivity contribution in [3.63, 3.8) is 0 Å². The van der Waals surface area contributed by atoms with E-state index >= 15 is 0 Å². The molecule has 8 aliphatic carbocycles. The number of aromatic nitrogens is 10. The molecule has 10 aromatic heterocycles. The van der Waals surface area contributed by atoms with Gasteiger partial charge >= 0.3 is 41.5 Å². The predicted molar refractivity (Wildman–Crippen MR) is 671 cm³/mol. The number of ether oxygens (including phenoxy) is 1. The van der Waals surface area contributed by atoms with Crippen LogP contribution in [0.3, 0.4) is 0 Å². The van der Waals surface area contributed by atoms with Crippen LogP contribution in [0.15, 0.2) is 195 Å². The van der Waals surface area contributed by atoms with E-state index in [4.69, 9.17) is 253 Å². The number of hydrogen-bond acceptors (Lipinski definition) is 15. The number of carbonyl (C=O) groups excluding carboxylic acids is 6. The second-order valence-corrected chi connectivity index (χ2v) is 36.8. The Labute approximate surface area is 1040 Å². The summed E-state index contributed by atoms with van der Waals surface area (Å²) in [6.45, 7) is 6.53. The van der Waals surface area contributed by atoms with Gasteiger partial charge in [-0.25, -0.2) is 37.5 Å². The molecule has 0 unspecified atom stereocenters. The molecule has 17 nitrogen and oxygen atoms in total. The topological polar surface area (TPSA) is 224 Å². The number of imidazole rings is 2. The third kappa shape index (κ3) is 20.6. The van der Waals surface area contributed by atoms with Crippen molar-refractivity contribution in [1.29, 1.82) is 0 Å². The monoisotopic (exact) mass is 2100 g/mol. The summed E-state index contributed by atoms with van der Waals surface area (Å²) in [5.41, 5.74) is 18.2. The second kappa shape index (κ2) is 41.3. The maximum atomic E-state index is 14.2. The Hall–Kier alpha value is -11.2. The number of esters is 2. The van der Waals surface area contributed by atoms with Gasteiger partial charge < -0.3 is 6.16 Å². The van der Waals surface area contributed by atoms with Crippen LogP contribution in [-0.2, 0) is 27.2 Å². The number of carbonyl (C=O) groups is 6. The van der Waals surface area contributed by atoms with E-state index in [1.54, 1.807) is 61.7 Å². The van der Waals surface area contributed by atoms with Crippen LogP contribution in [0.1, 0.15) is 572 Å². The molecular formula is C108H273BF4N10NaO7. The van der Waals surface area contributed by atoms with Crippen LogP contribution in [0.2, 0.25) is 0 Å². The first-order valence-electron chi connectivity index (χ1n) is 129. The maximum absolute atomic E-state index is 14.2. The number of fused-ring (bicyclic) bond motifs is 6. The summed E-state index contributed by atoms with van der Waals surface area (Å²) >= 11 is 0. The van der Waals surface area contributed by atoms with Crippen molar-refractivity contribution in [2.24, 2.45) is 23.7 Å². The van der Waals surface area contributed by atoms with Crippen molar-refractivity contribution in [2.45, 2.75) is 242 Å². The van der Waals surface area contributed by atoms with E-state index in [2.05, 4.69) is 97.0 Å². The molecule has 0 amide bonds. The van der Waals surface area contributed by atoms with Crippen molar-refractivity contribution in [2.75, 3.05) is 0 Å². The van der Waals surface area contributed by atoms with Gasteiger partial charge in [0.15, 0.2) is 23.1 Å². The quantitative estimate of drug-likeness (QED) is 0.0256. The van der Waals surface area contributed by atoms with Gasteiger partial charge in [-0.05, 0) is 332 Å². The van der Waals surface area contributed by atoms with Crippen molar-refractivity contribution in [3.05, 3.63) is 297 Å².